The fraction of sp³-hybridized carbons (Fsp3) is 0.111. The van der Waals surface area contributed by atoms with Crippen molar-refractivity contribution in [2.75, 3.05) is 5.32 Å². The van der Waals surface area contributed by atoms with Crippen molar-refractivity contribution in [2.45, 2.75) is 13.0 Å². The second-order valence-corrected chi connectivity index (χ2v) is 5.02. The predicted octanol–water partition coefficient (Wildman–Crippen LogP) is 4.93. The van der Waals surface area contributed by atoms with Crippen molar-refractivity contribution >= 4 is 5.69 Å². The summed E-state index contributed by atoms with van der Waals surface area (Å²) in [5.41, 5.74) is 2.68. The number of anilines is 1. The summed E-state index contributed by atoms with van der Waals surface area (Å²) in [6.07, 6.45) is 1.64. The van der Waals surface area contributed by atoms with Crippen molar-refractivity contribution in [3.8, 4) is 0 Å². The first-order valence-corrected chi connectivity index (χ1v) is 6.84. The summed E-state index contributed by atoms with van der Waals surface area (Å²) in [5.74, 6) is 0.548. The van der Waals surface area contributed by atoms with Crippen LogP contribution in [0, 0.1) is 12.7 Å². The van der Waals surface area contributed by atoms with Crippen molar-refractivity contribution in [3.05, 3.63) is 89.6 Å². The molecule has 1 unspecified atom stereocenters. The summed E-state index contributed by atoms with van der Waals surface area (Å²) in [6.45, 7) is 1.87. The van der Waals surface area contributed by atoms with Crippen molar-refractivity contribution in [1.82, 2.24) is 0 Å². The molecule has 106 valence electrons. The van der Waals surface area contributed by atoms with Crippen LogP contribution in [0.4, 0.5) is 10.1 Å². The minimum absolute atomic E-state index is 0.151. The molecule has 1 atom stereocenters. The summed E-state index contributed by atoms with van der Waals surface area (Å²) >= 11 is 0. The van der Waals surface area contributed by atoms with Gasteiger partial charge in [0.25, 0.3) is 0 Å². The quantitative estimate of drug-likeness (QED) is 0.733. The van der Waals surface area contributed by atoms with Crippen LogP contribution in [0.5, 0.6) is 0 Å². The Morgan fingerprint density at radius 3 is 2.48 bits per heavy atom. The molecule has 0 bridgehead atoms. The largest absolute Gasteiger partial charge is 0.467 e. The van der Waals surface area contributed by atoms with Crippen LogP contribution in [0.2, 0.25) is 0 Å². The third-order valence-corrected chi connectivity index (χ3v) is 3.31. The minimum atomic E-state index is -0.247. The van der Waals surface area contributed by atoms with Gasteiger partial charge in [0, 0.05) is 5.69 Å². The first-order chi connectivity index (χ1) is 10.2. The highest BCUT2D eigenvalue weighted by Gasteiger charge is 2.16. The van der Waals surface area contributed by atoms with E-state index >= 15 is 0 Å². The predicted molar refractivity (Wildman–Crippen MR) is 81.8 cm³/mol. The molecule has 21 heavy (non-hydrogen) atoms. The minimum Gasteiger partial charge on any atom is -0.467 e. The Bertz CT molecular complexity index is 687. The van der Waals surface area contributed by atoms with Gasteiger partial charge in [-0.2, -0.15) is 0 Å². The van der Waals surface area contributed by atoms with E-state index in [9.17, 15) is 4.39 Å². The van der Waals surface area contributed by atoms with Crippen LogP contribution in [0.25, 0.3) is 0 Å². The van der Waals surface area contributed by atoms with Crippen LogP contribution in [-0.4, -0.2) is 0 Å². The zero-order chi connectivity index (χ0) is 14.7. The van der Waals surface area contributed by atoms with E-state index in [1.165, 1.54) is 12.1 Å². The number of hydrogen-bond acceptors (Lipinski definition) is 2. The van der Waals surface area contributed by atoms with Crippen molar-refractivity contribution in [3.63, 3.8) is 0 Å². The standard InChI is InChI=1S/C18H16FNO/c1-13-10-15(19)12-16(11-13)20-18(17-8-5-9-21-17)14-6-3-2-4-7-14/h2-12,18,20H,1H3. The molecule has 1 N–H and O–H groups in total. The zero-order valence-corrected chi connectivity index (χ0v) is 11.7. The molecule has 0 fully saturated rings. The SMILES string of the molecule is Cc1cc(F)cc(NC(c2ccccc2)c2ccco2)c1. The lowest BCUT2D eigenvalue weighted by atomic mass is 10.0. The van der Waals surface area contributed by atoms with E-state index in [2.05, 4.69) is 5.32 Å². The number of hydrogen-bond donors (Lipinski definition) is 1. The molecule has 1 heterocycles. The highest BCUT2D eigenvalue weighted by atomic mass is 19.1. The van der Waals surface area contributed by atoms with E-state index in [1.807, 2.05) is 55.5 Å². The van der Waals surface area contributed by atoms with E-state index in [0.29, 0.717) is 0 Å². The molecule has 2 aromatic carbocycles. The maximum Gasteiger partial charge on any atom is 0.130 e. The lowest BCUT2D eigenvalue weighted by Gasteiger charge is -2.19. The molecule has 0 radical (unpaired) electrons. The van der Waals surface area contributed by atoms with E-state index < -0.39 is 0 Å². The first-order valence-electron chi connectivity index (χ1n) is 6.84. The number of nitrogens with one attached hydrogen (secondary N) is 1. The summed E-state index contributed by atoms with van der Waals surface area (Å²) < 4.78 is 19.1. The number of rotatable bonds is 4. The lowest BCUT2D eigenvalue weighted by Crippen LogP contribution is -2.11. The van der Waals surface area contributed by atoms with Crippen molar-refractivity contribution in [1.29, 1.82) is 0 Å². The molecule has 0 aliphatic rings. The third-order valence-electron chi connectivity index (χ3n) is 3.31. The van der Waals surface area contributed by atoms with Crippen LogP contribution >= 0.6 is 0 Å². The Labute approximate surface area is 123 Å². The fourth-order valence-electron chi connectivity index (χ4n) is 2.41. The highest BCUT2D eigenvalue weighted by Crippen LogP contribution is 2.27. The van der Waals surface area contributed by atoms with Gasteiger partial charge in [0.05, 0.1) is 6.26 Å². The average Bonchev–Trinajstić information content (AvgIpc) is 2.98. The molecular formula is C18H16FNO. The smallest absolute Gasteiger partial charge is 0.130 e. The molecule has 3 heteroatoms. The van der Waals surface area contributed by atoms with E-state index in [4.69, 9.17) is 4.42 Å². The zero-order valence-electron chi connectivity index (χ0n) is 11.7. The van der Waals surface area contributed by atoms with E-state index in [-0.39, 0.29) is 11.9 Å². The number of halogens is 1. The number of furan rings is 1. The van der Waals surface area contributed by atoms with Gasteiger partial charge in [-0.15, -0.1) is 0 Å². The third kappa shape index (κ3) is 3.14. The average molecular weight is 281 g/mol. The second-order valence-electron chi connectivity index (χ2n) is 5.02. The normalized spacial score (nSPS) is 12.1. The molecule has 0 amide bonds. The maximum absolute atomic E-state index is 13.6. The van der Waals surface area contributed by atoms with Crippen molar-refractivity contribution in [2.24, 2.45) is 0 Å². The van der Waals surface area contributed by atoms with Crippen LogP contribution < -0.4 is 5.32 Å². The van der Waals surface area contributed by atoms with Gasteiger partial charge in [0.15, 0.2) is 0 Å². The lowest BCUT2D eigenvalue weighted by molar-refractivity contribution is 0.499. The van der Waals surface area contributed by atoms with E-state index in [1.54, 1.807) is 6.26 Å². The number of aryl methyl sites for hydroxylation is 1. The molecule has 3 aromatic rings. The van der Waals surface area contributed by atoms with Gasteiger partial charge in [0.2, 0.25) is 0 Å². The Morgan fingerprint density at radius 2 is 1.81 bits per heavy atom. The van der Waals surface area contributed by atoms with Crippen LogP contribution in [0.1, 0.15) is 22.9 Å². The van der Waals surface area contributed by atoms with E-state index in [0.717, 1.165) is 22.6 Å². The van der Waals surface area contributed by atoms with Crippen molar-refractivity contribution < 1.29 is 8.81 Å². The van der Waals surface area contributed by atoms with Crippen LogP contribution in [-0.2, 0) is 0 Å². The molecule has 2 nitrogen and oxygen atoms in total. The first kappa shape index (κ1) is 13.4. The van der Waals surface area contributed by atoms with Gasteiger partial charge in [-0.05, 0) is 48.4 Å². The molecule has 0 saturated carbocycles. The van der Waals surface area contributed by atoms with Gasteiger partial charge in [0.1, 0.15) is 17.6 Å². The Hall–Kier alpha value is -2.55. The Kier molecular flexibility index (Phi) is 3.73. The molecule has 0 spiro atoms. The molecular weight excluding hydrogens is 265 g/mol. The molecule has 0 saturated heterocycles. The fourth-order valence-corrected chi connectivity index (χ4v) is 2.41. The van der Waals surface area contributed by atoms with Gasteiger partial charge >= 0.3 is 0 Å². The van der Waals surface area contributed by atoms with Gasteiger partial charge in [-0.3, -0.25) is 0 Å². The Morgan fingerprint density at radius 1 is 1.00 bits per heavy atom. The molecule has 3 rings (SSSR count). The van der Waals surface area contributed by atoms with Crippen LogP contribution in [0.3, 0.4) is 0 Å². The highest BCUT2D eigenvalue weighted by molar-refractivity contribution is 5.50. The Balaban J connectivity index is 1.97. The summed E-state index contributed by atoms with van der Waals surface area (Å²) in [4.78, 5) is 0. The van der Waals surface area contributed by atoms with Gasteiger partial charge in [-0.1, -0.05) is 30.3 Å². The second kappa shape index (κ2) is 5.83. The van der Waals surface area contributed by atoms with Gasteiger partial charge < -0.3 is 9.73 Å². The molecule has 1 aromatic heterocycles. The number of benzene rings is 2. The maximum atomic E-state index is 13.6. The molecule has 0 aliphatic carbocycles. The van der Waals surface area contributed by atoms with Crippen LogP contribution in [0.15, 0.2) is 71.3 Å². The summed E-state index contributed by atoms with van der Waals surface area (Å²) in [6, 6.07) is 18.5. The topological polar surface area (TPSA) is 25.2 Å². The monoisotopic (exact) mass is 281 g/mol. The summed E-state index contributed by atoms with van der Waals surface area (Å²) in [5, 5.41) is 3.35. The summed E-state index contributed by atoms with van der Waals surface area (Å²) in [7, 11) is 0. The molecule has 0 aliphatic heterocycles. The van der Waals surface area contributed by atoms with Gasteiger partial charge in [-0.25, -0.2) is 4.39 Å².